The van der Waals surface area contributed by atoms with E-state index < -0.39 is 5.60 Å². The van der Waals surface area contributed by atoms with E-state index in [1.54, 1.807) is 0 Å². The van der Waals surface area contributed by atoms with Crippen LogP contribution in [0.15, 0.2) is 109 Å². The Kier molecular flexibility index (Phi) is 4.43. The van der Waals surface area contributed by atoms with Gasteiger partial charge in [-0.1, -0.05) is 89.9 Å². The minimum atomic E-state index is -1.30. The molecule has 35 heavy (non-hydrogen) atoms. The summed E-state index contributed by atoms with van der Waals surface area (Å²) in [5, 5.41) is 16.0. The van der Waals surface area contributed by atoms with Gasteiger partial charge in [0.1, 0.15) is 5.60 Å². The second-order valence-corrected chi connectivity index (χ2v) is 9.85. The van der Waals surface area contributed by atoms with Crippen molar-refractivity contribution in [2.75, 3.05) is 0 Å². The third-order valence-electron chi connectivity index (χ3n) is 7.15. The summed E-state index contributed by atoms with van der Waals surface area (Å²) in [6.07, 6.45) is 0. The van der Waals surface area contributed by atoms with Crippen LogP contribution in [-0.2, 0) is 5.60 Å². The molecule has 5 aromatic carbocycles. The first kappa shape index (κ1) is 20.8. The minimum absolute atomic E-state index is 0.669. The molecule has 0 aliphatic heterocycles. The van der Waals surface area contributed by atoms with Gasteiger partial charge in [0.25, 0.3) is 0 Å². The lowest BCUT2D eigenvalue weighted by Crippen LogP contribution is -2.28. The number of nitrogens with zero attached hydrogens (tertiary/aromatic N) is 1. The lowest BCUT2D eigenvalue weighted by atomic mass is 9.83. The molecule has 0 radical (unpaired) electrons. The van der Waals surface area contributed by atoms with Gasteiger partial charge in [0.2, 0.25) is 0 Å². The average Bonchev–Trinajstić information content (AvgIpc) is 3.34. The molecule has 0 amide bonds. The van der Waals surface area contributed by atoms with Gasteiger partial charge in [0.15, 0.2) is 0 Å². The van der Waals surface area contributed by atoms with E-state index in [9.17, 15) is 5.11 Å². The first-order valence-corrected chi connectivity index (χ1v) is 12.2. The summed E-state index contributed by atoms with van der Waals surface area (Å²) in [4.78, 5) is 0. The molecule has 4 heteroatoms. The summed E-state index contributed by atoms with van der Waals surface area (Å²) in [7, 11) is 0. The number of para-hydroxylation sites is 1. The lowest BCUT2D eigenvalue weighted by molar-refractivity contribution is 0.130. The first-order valence-electron chi connectivity index (χ1n) is 11.5. The van der Waals surface area contributed by atoms with Crippen LogP contribution < -0.4 is 0 Å². The average molecular weight is 492 g/mol. The fourth-order valence-corrected chi connectivity index (χ4v) is 6.05. The van der Waals surface area contributed by atoms with Gasteiger partial charge in [0.05, 0.1) is 16.7 Å². The standard InChI is InChI=1S/C31H19Cl2NO/c32-19-13-15-28-23(17-19)24-18-20(33)14-16-29(24)34(28)30-12-6-5-11-27(30)31(35)25-9-3-1-7-21(25)22-8-2-4-10-26(22)31/h1-18,35H. The molecule has 1 N–H and O–H groups in total. The zero-order chi connectivity index (χ0) is 23.7. The Labute approximate surface area is 212 Å². The number of halogens is 2. The minimum Gasteiger partial charge on any atom is -0.376 e. The summed E-state index contributed by atoms with van der Waals surface area (Å²) >= 11 is 12.8. The normalized spacial score (nSPS) is 13.8. The van der Waals surface area contributed by atoms with Crippen molar-refractivity contribution in [3.8, 4) is 16.8 Å². The summed E-state index contributed by atoms with van der Waals surface area (Å²) < 4.78 is 2.20. The molecule has 1 aromatic heterocycles. The molecular weight excluding hydrogens is 473 g/mol. The maximum absolute atomic E-state index is 12.6. The predicted octanol–water partition coefficient (Wildman–Crippen LogP) is 8.36. The van der Waals surface area contributed by atoms with Crippen molar-refractivity contribution in [1.82, 2.24) is 4.57 Å². The lowest BCUT2D eigenvalue weighted by Gasteiger charge is -2.29. The Morgan fingerprint density at radius 3 is 1.54 bits per heavy atom. The summed E-state index contributed by atoms with van der Waals surface area (Å²) in [6.45, 7) is 0. The Bertz CT molecular complexity index is 1700. The smallest absolute Gasteiger partial charge is 0.143 e. The molecule has 0 spiro atoms. The highest BCUT2D eigenvalue weighted by Crippen LogP contribution is 2.52. The molecule has 0 atom stereocenters. The molecule has 6 aromatic rings. The highest BCUT2D eigenvalue weighted by molar-refractivity contribution is 6.33. The van der Waals surface area contributed by atoms with Gasteiger partial charge in [0, 0.05) is 37.5 Å². The highest BCUT2D eigenvalue weighted by atomic mass is 35.5. The van der Waals surface area contributed by atoms with E-state index in [1.165, 1.54) is 0 Å². The van der Waals surface area contributed by atoms with Gasteiger partial charge >= 0.3 is 0 Å². The van der Waals surface area contributed by atoms with Gasteiger partial charge in [-0.15, -0.1) is 0 Å². The van der Waals surface area contributed by atoms with Gasteiger partial charge in [-0.25, -0.2) is 0 Å². The molecule has 0 fully saturated rings. The number of hydrogen-bond donors (Lipinski definition) is 1. The molecule has 7 rings (SSSR count). The van der Waals surface area contributed by atoms with Crippen LogP contribution in [-0.4, -0.2) is 9.67 Å². The molecular formula is C31H19Cl2NO. The van der Waals surface area contributed by atoms with Gasteiger partial charge in [-0.3, -0.25) is 0 Å². The van der Waals surface area contributed by atoms with Crippen LogP contribution in [0.25, 0.3) is 38.6 Å². The third-order valence-corrected chi connectivity index (χ3v) is 7.62. The van der Waals surface area contributed by atoms with Crippen LogP contribution in [0.3, 0.4) is 0 Å². The van der Waals surface area contributed by atoms with Gasteiger partial charge in [-0.05, 0) is 53.6 Å². The van der Waals surface area contributed by atoms with Crippen LogP contribution >= 0.6 is 23.2 Å². The van der Waals surface area contributed by atoms with Crippen molar-refractivity contribution in [3.63, 3.8) is 0 Å². The number of fused-ring (bicyclic) bond motifs is 6. The molecule has 1 aliphatic carbocycles. The molecule has 0 saturated carbocycles. The van der Waals surface area contributed by atoms with Gasteiger partial charge in [-0.2, -0.15) is 0 Å². The SMILES string of the molecule is OC1(c2ccccc2-n2c3ccc(Cl)cc3c3cc(Cl)ccc32)c2ccccc2-c2ccccc21. The Morgan fingerprint density at radius 1 is 0.543 bits per heavy atom. The summed E-state index contributed by atoms with van der Waals surface area (Å²) in [5.74, 6) is 0. The number of aromatic nitrogens is 1. The predicted molar refractivity (Wildman–Crippen MR) is 145 cm³/mol. The topological polar surface area (TPSA) is 25.2 Å². The molecule has 0 bridgehead atoms. The fourth-order valence-electron chi connectivity index (χ4n) is 5.70. The third kappa shape index (κ3) is 2.82. The second-order valence-electron chi connectivity index (χ2n) is 8.98. The van der Waals surface area contributed by atoms with Crippen LogP contribution in [0.5, 0.6) is 0 Å². The van der Waals surface area contributed by atoms with Crippen LogP contribution in [0.4, 0.5) is 0 Å². The molecule has 0 unspecified atom stereocenters. The van der Waals surface area contributed by atoms with Crippen molar-refractivity contribution < 1.29 is 5.11 Å². The monoisotopic (exact) mass is 491 g/mol. The Balaban J connectivity index is 1.61. The molecule has 2 nitrogen and oxygen atoms in total. The Morgan fingerprint density at radius 2 is 1.00 bits per heavy atom. The zero-order valence-electron chi connectivity index (χ0n) is 18.5. The van der Waals surface area contributed by atoms with Crippen molar-refractivity contribution in [3.05, 3.63) is 136 Å². The highest BCUT2D eigenvalue weighted by Gasteiger charge is 2.44. The van der Waals surface area contributed by atoms with Crippen LogP contribution in [0.1, 0.15) is 16.7 Å². The van der Waals surface area contributed by atoms with E-state index in [2.05, 4.69) is 22.8 Å². The van der Waals surface area contributed by atoms with E-state index in [0.29, 0.717) is 10.0 Å². The largest absolute Gasteiger partial charge is 0.376 e. The van der Waals surface area contributed by atoms with Crippen LogP contribution in [0.2, 0.25) is 10.0 Å². The number of benzene rings is 5. The van der Waals surface area contributed by atoms with E-state index in [4.69, 9.17) is 23.2 Å². The van der Waals surface area contributed by atoms with Gasteiger partial charge < -0.3 is 9.67 Å². The quantitative estimate of drug-likeness (QED) is 0.258. The fraction of sp³-hybridized carbons (Fsp3) is 0.0323. The summed E-state index contributed by atoms with van der Waals surface area (Å²) in [5.41, 5.74) is 6.33. The maximum atomic E-state index is 12.6. The first-order chi connectivity index (χ1) is 17.1. The molecule has 168 valence electrons. The van der Waals surface area contributed by atoms with E-state index in [1.807, 2.05) is 91.0 Å². The van der Waals surface area contributed by atoms with Crippen LogP contribution in [0, 0.1) is 0 Å². The van der Waals surface area contributed by atoms with Crippen molar-refractivity contribution >= 4 is 45.0 Å². The van der Waals surface area contributed by atoms with E-state index >= 15 is 0 Å². The Hall–Kier alpha value is -3.56. The number of aliphatic hydroxyl groups is 1. The maximum Gasteiger partial charge on any atom is 0.143 e. The molecule has 0 saturated heterocycles. The zero-order valence-corrected chi connectivity index (χ0v) is 20.1. The van der Waals surface area contributed by atoms with Crippen molar-refractivity contribution in [2.45, 2.75) is 5.60 Å². The van der Waals surface area contributed by atoms with Crippen molar-refractivity contribution in [1.29, 1.82) is 0 Å². The molecule has 1 heterocycles. The molecule has 1 aliphatic rings. The van der Waals surface area contributed by atoms with E-state index in [0.717, 1.165) is 55.3 Å². The summed E-state index contributed by atoms with van der Waals surface area (Å²) in [6, 6.07) is 36.1. The second kappa shape index (κ2) is 7.47. The van der Waals surface area contributed by atoms with E-state index in [-0.39, 0.29) is 0 Å². The van der Waals surface area contributed by atoms with Crippen molar-refractivity contribution in [2.24, 2.45) is 0 Å². The number of hydrogen-bond acceptors (Lipinski definition) is 1. The number of rotatable bonds is 2.